The Morgan fingerprint density at radius 3 is 2.44 bits per heavy atom. The van der Waals surface area contributed by atoms with Crippen LogP contribution in [0.1, 0.15) is 5.56 Å². The van der Waals surface area contributed by atoms with Crippen LogP contribution in [-0.2, 0) is 11.2 Å². The van der Waals surface area contributed by atoms with Crippen LogP contribution in [0.2, 0.25) is 0 Å². The first-order chi connectivity index (χ1) is 8.63. The van der Waals surface area contributed by atoms with Gasteiger partial charge in [-0.25, -0.2) is 0 Å². The number of hydrogen-bond acceptors (Lipinski definition) is 3. The molecule has 18 heavy (non-hydrogen) atoms. The number of carbonyl (C=O) groups is 1. The zero-order valence-corrected chi connectivity index (χ0v) is 9.67. The van der Waals surface area contributed by atoms with Crippen molar-refractivity contribution in [2.75, 3.05) is 5.73 Å². The fraction of sp³-hybridized carbons (Fsp3) is 0.0714. The third kappa shape index (κ3) is 3.25. The highest BCUT2D eigenvalue weighted by atomic mass is 16.5. The highest BCUT2D eigenvalue weighted by Gasteiger charge is 2.01. The van der Waals surface area contributed by atoms with Crippen molar-refractivity contribution in [1.82, 2.24) is 0 Å². The molecule has 0 bridgehead atoms. The van der Waals surface area contributed by atoms with Gasteiger partial charge < -0.3 is 15.6 Å². The monoisotopic (exact) mass is 243 g/mol. The van der Waals surface area contributed by atoms with Crippen molar-refractivity contribution in [3.8, 4) is 11.5 Å². The molecule has 4 heteroatoms. The molecule has 0 radical (unpaired) electrons. The second kappa shape index (κ2) is 5.23. The van der Waals surface area contributed by atoms with Gasteiger partial charge in [0.2, 0.25) is 0 Å². The van der Waals surface area contributed by atoms with Crippen LogP contribution in [0.3, 0.4) is 0 Å². The van der Waals surface area contributed by atoms with Gasteiger partial charge in [-0.15, -0.1) is 0 Å². The molecule has 92 valence electrons. The normalized spacial score (nSPS) is 10.0. The van der Waals surface area contributed by atoms with Gasteiger partial charge in [0.15, 0.2) is 0 Å². The molecule has 4 nitrogen and oxygen atoms in total. The summed E-state index contributed by atoms with van der Waals surface area (Å²) in [4.78, 5) is 10.5. The van der Waals surface area contributed by atoms with Crippen LogP contribution in [0.5, 0.6) is 11.5 Å². The Bertz CT molecular complexity index is 549. The summed E-state index contributed by atoms with van der Waals surface area (Å²) in [5, 5.41) is 8.66. The molecule has 0 heterocycles. The highest BCUT2D eigenvalue weighted by molar-refractivity contribution is 5.70. The van der Waals surface area contributed by atoms with Gasteiger partial charge in [0.1, 0.15) is 11.5 Å². The molecule has 0 fully saturated rings. The minimum atomic E-state index is -0.848. The van der Waals surface area contributed by atoms with Crippen LogP contribution in [0.4, 0.5) is 5.69 Å². The number of ether oxygens (including phenoxy) is 1. The number of aliphatic carboxylic acids is 1. The lowest BCUT2D eigenvalue weighted by Crippen LogP contribution is -1.99. The van der Waals surface area contributed by atoms with Gasteiger partial charge in [-0.3, -0.25) is 4.79 Å². The summed E-state index contributed by atoms with van der Waals surface area (Å²) < 4.78 is 5.59. The molecule has 2 aromatic carbocycles. The van der Waals surface area contributed by atoms with Gasteiger partial charge in [-0.2, -0.15) is 0 Å². The molecular weight excluding hydrogens is 230 g/mol. The summed E-state index contributed by atoms with van der Waals surface area (Å²) in [6, 6.07) is 14.1. The minimum absolute atomic E-state index is 0.0125. The maximum atomic E-state index is 10.5. The number of benzene rings is 2. The highest BCUT2D eigenvalue weighted by Crippen LogP contribution is 2.23. The fourth-order valence-electron chi connectivity index (χ4n) is 1.56. The van der Waals surface area contributed by atoms with E-state index in [0.29, 0.717) is 17.2 Å². The largest absolute Gasteiger partial charge is 0.481 e. The summed E-state index contributed by atoms with van der Waals surface area (Å²) in [5.74, 6) is 0.454. The van der Waals surface area contributed by atoms with E-state index >= 15 is 0 Å². The van der Waals surface area contributed by atoms with Crippen LogP contribution in [0, 0.1) is 0 Å². The number of hydrogen-bond donors (Lipinski definition) is 2. The number of carboxylic acids is 1. The topological polar surface area (TPSA) is 72.5 Å². The first-order valence-corrected chi connectivity index (χ1v) is 5.47. The van der Waals surface area contributed by atoms with Gasteiger partial charge in [0, 0.05) is 11.8 Å². The summed E-state index contributed by atoms with van der Waals surface area (Å²) in [7, 11) is 0. The smallest absolute Gasteiger partial charge is 0.307 e. The lowest BCUT2D eigenvalue weighted by atomic mass is 10.1. The zero-order valence-electron chi connectivity index (χ0n) is 9.67. The lowest BCUT2D eigenvalue weighted by Gasteiger charge is -2.06. The Hall–Kier alpha value is -2.49. The van der Waals surface area contributed by atoms with Crippen molar-refractivity contribution < 1.29 is 14.6 Å². The SMILES string of the molecule is Nc1cccc(Oc2ccc(CC(=O)O)cc2)c1. The maximum absolute atomic E-state index is 10.5. The van der Waals surface area contributed by atoms with Gasteiger partial charge in [0.05, 0.1) is 6.42 Å². The molecule has 2 aromatic rings. The van der Waals surface area contributed by atoms with E-state index in [0.717, 1.165) is 5.56 Å². The molecule has 0 amide bonds. The molecular formula is C14H13NO3. The first kappa shape index (κ1) is 12.0. The van der Waals surface area contributed by atoms with E-state index in [9.17, 15) is 4.79 Å². The van der Waals surface area contributed by atoms with E-state index < -0.39 is 5.97 Å². The Morgan fingerprint density at radius 2 is 1.83 bits per heavy atom. The summed E-state index contributed by atoms with van der Waals surface area (Å²) in [5.41, 5.74) is 7.02. The molecule has 0 aliphatic rings. The van der Waals surface area contributed by atoms with Crippen molar-refractivity contribution in [3.05, 3.63) is 54.1 Å². The Morgan fingerprint density at radius 1 is 1.11 bits per heavy atom. The zero-order chi connectivity index (χ0) is 13.0. The molecule has 0 aliphatic heterocycles. The third-order valence-corrected chi connectivity index (χ3v) is 2.37. The molecule has 2 rings (SSSR count). The molecule has 0 spiro atoms. The standard InChI is InChI=1S/C14H13NO3/c15-11-2-1-3-13(9-11)18-12-6-4-10(5-7-12)8-14(16)17/h1-7,9H,8,15H2,(H,16,17). The molecule has 0 atom stereocenters. The molecule has 3 N–H and O–H groups in total. The van der Waals surface area contributed by atoms with Crippen molar-refractivity contribution in [2.24, 2.45) is 0 Å². The number of anilines is 1. The predicted molar refractivity (Wildman–Crippen MR) is 68.7 cm³/mol. The Balaban J connectivity index is 2.08. The number of nitrogen functional groups attached to an aromatic ring is 1. The molecule has 0 aliphatic carbocycles. The van der Waals surface area contributed by atoms with Crippen molar-refractivity contribution in [2.45, 2.75) is 6.42 Å². The van der Waals surface area contributed by atoms with Crippen LogP contribution < -0.4 is 10.5 Å². The number of nitrogens with two attached hydrogens (primary N) is 1. The first-order valence-electron chi connectivity index (χ1n) is 5.47. The van der Waals surface area contributed by atoms with Gasteiger partial charge in [-0.1, -0.05) is 18.2 Å². The average molecular weight is 243 g/mol. The van der Waals surface area contributed by atoms with Crippen molar-refractivity contribution in [3.63, 3.8) is 0 Å². The van der Waals surface area contributed by atoms with Crippen LogP contribution in [-0.4, -0.2) is 11.1 Å². The number of carboxylic acid groups (broad SMARTS) is 1. The Labute approximate surface area is 105 Å². The molecule has 0 saturated heterocycles. The summed E-state index contributed by atoms with van der Waals surface area (Å²) >= 11 is 0. The minimum Gasteiger partial charge on any atom is -0.481 e. The average Bonchev–Trinajstić information content (AvgIpc) is 2.31. The van der Waals surface area contributed by atoms with E-state index in [-0.39, 0.29) is 6.42 Å². The van der Waals surface area contributed by atoms with Gasteiger partial charge >= 0.3 is 5.97 Å². The fourth-order valence-corrected chi connectivity index (χ4v) is 1.56. The van der Waals surface area contributed by atoms with E-state index in [1.807, 2.05) is 12.1 Å². The summed E-state index contributed by atoms with van der Waals surface area (Å²) in [6.07, 6.45) is 0.0125. The number of rotatable bonds is 4. The van der Waals surface area contributed by atoms with Crippen LogP contribution in [0.15, 0.2) is 48.5 Å². The predicted octanol–water partition coefficient (Wildman–Crippen LogP) is 2.69. The molecule has 0 saturated carbocycles. The summed E-state index contributed by atoms with van der Waals surface area (Å²) in [6.45, 7) is 0. The van der Waals surface area contributed by atoms with E-state index in [1.165, 1.54) is 0 Å². The van der Waals surface area contributed by atoms with E-state index in [4.69, 9.17) is 15.6 Å². The second-order valence-corrected chi connectivity index (χ2v) is 3.89. The van der Waals surface area contributed by atoms with E-state index in [1.54, 1.807) is 36.4 Å². The third-order valence-electron chi connectivity index (χ3n) is 2.37. The van der Waals surface area contributed by atoms with Gasteiger partial charge in [-0.05, 0) is 29.8 Å². The van der Waals surface area contributed by atoms with Crippen LogP contribution >= 0.6 is 0 Å². The molecule has 0 aromatic heterocycles. The lowest BCUT2D eigenvalue weighted by molar-refractivity contribution is -0.136. The molecule has 0 unspecified atom stereocenters. The van der Waals surface area contributed by atoms with E-state index in [2.05, 4.69) is 0 Å². The van der Waals surface area contributed by atoms with Gasteiger partial charge in [0.25, 0.3) is 0 Å². The quantitative estimate of drug-likeness (QED) is 0.810. The maximum Gasteiger partial charge on any atom is 0.307 e. The van der Waals surface area contributed by atoms with Crippen LogP contribution in [0.25, 0.3) is 0 Å². The Kier molecular flexibility index (Phi) is 3.48. The second-order valence-electron chi connectivity index (χ2n) is 3.89. The van der Waals surface area contributed by atoms with Crippen molar-refractivity contribution in [1.29, 1.82) is 0 Å². The van der Waals surface area contributed by atoms with Crippen molar-refractivity contribution >= 4 is 11.7 Å².